The molecular formula is C20H37N5O3. The topological polar surface area (TPSA) is 92.4 Å². The third-order valence-corrected chi connectivity index (χ3v) is 6.16. The maximum absolute atomic E-state index is 11.2. The van der Waals surface area contributed by atoms with Crippen molar-refractivity contribution in [3.05, 3.63) is 0 Å². The van der Waals surface area contributed by atoms with Gasteiger partial charge in [0.2, 0.25) is 5.91 Å². The second-order valence-corrected chi connectivity index (χ2v) is 8.11. The van der Waals surface area contributed by atoms with Crippen LogP contribution in [0.3, 0.4) is 0 Å². The molecule has 3 N–H and O–H groups in total. The lowest BCUT2D eigenvalue weighted by atomic mass is 9.96. The van der Waals surface area contributed by atoms with Crippen molar-refractivity contribution in [2.75, 3.05) is 59.5 Å². The number of amides is 1. The molecule has 0 aromatic rings. The molecule has 0 spiro atoms. The van der Waals surface area contributed by atoms with Gasteiger partial charge in [0.25, 0.3) is 0 Å². The summed E-state index contributed by atoms with van der Waals surface area (Å²) in [6.45, 7) is 7.29. The number of hydrogen-bond donors (Lipinski definition) is 2. The quantitative estimate of drug-likeness (QED) is 0.369. The molecule has 2 unspecified atom stereocenters. The Bertz CT molecular complexity index is 516. The van der Waals surface area contributed by atoms with Crippen LogP contribution in [0.15, 0.2) is 4.99 Å². The van der Waals surface area contributed by atoms with E-state index in [9.17, 15) is 4.79 Å². The molecule has 1 amide bonds. The van der Waals surface area contributed by atoms with E-state index in [0.29, 0.717) is 0 Å². The average Bonchev–Trinajstić information content (AvgIpc) is 3.26. The van der Waals surface area contributed by atoms with Crippen molar-refractivity contribution in [2.24, 2.45) is 16.6 Å². The number of nitrogens with one attached hydrogen (secondary N) is 1. The van der Waals surface area contributed by atoms with Gasteiger partial charge in [0.15, 0.2) is 5.96 Å². The Labute approximate surface area is 168 Å². The smallest absolute Gasteiger partial charge is 0.220 e. The van der Waals surface area contributed by atoms with E-state index in [2.05, 4.69) is 20.1 Å². The number of nitrogens with two attached hydrogens (primary N) is 1. The molecule has 0 aliphatic carbocycles. The fraction of sp³-hybridized carbons (Fsp3) is 0.900. The molecular weight excluding hydrogens is 358 g/mol. The molecule has 160 valence electrons. The normalized spacial score (nSPS) is 27.9. The maximum atomic E-state index is 11.2. The molecule has 2 atom stereocenters. The van der Waals surface area contributed by atoms with Gasteiger partial charge < -0.3 is 30.3 Å². The van der Waals surface area contributed by atoms with Gasteiger partial charge >= 0.3 is 0 Å². The van der Waals surface area contributed by atoms with Gasteiger partial charge in [0.05, 0.1) is 12.7 Å². The summed E-state index contributed by atoms with van der Waals surface area (Å²) in [6.07, 6.45) is 6.68. The van der Waals surface area contributed by atoms with E-state index < -0.39 is 0 Å². The monoisotopic (exact) mass is 395 g/mol. The van der Waals surface area contributed by atoms with E-state index in [1.165, 1.54) is 0 Å². The molecule has 0 aromatic carbocycles. The highest BCUT2D eigenvalue weighted by molar-refractivity contribution is 5.80. The van der Waals surface area contributed by atoms with Gasteiger partial charge in [-0.15, -0.1) is 0 Å². The van der Waals surface area contributed by atoms with Crippen molar-refractivity contribution in [1.82, 2.24) is 15.1 Å². The molecule has 0 aromatic heterocycles. The van der Waals surface area contributed by atoms with Crippen LogP contribution < -0.4 is 11.1 Å². The minimum absolute atomic E-state index is 0.0771. The summed E-state index contributed by atoms with van der Waals surface area (Å²) in [6, 6.07) is 0. The predicted molar refractivity (Wildman–Crippen MR) is 109 cm³/mol. The molecule has 8 nitrogen and oxygen atoms in total. The van der Waals surface area contributed by atoms with Crippen LogP contribution in [0.1, 0.15) is 38.5 Å². The third-order valence-electron chi connectivity index (χ3n) is 6.16. The third kappa shape index (κ3) is 6.06. The Kier molecular flexibility index (Phi) is 8.36. The van der Waals surface area contributed by atoms with Gasteiger partial charge in [-0.3, -0.25) is 9.79 Å². The number of rotatable bonds is 7. The van der Waals surface area contributed by atoms with Crippen LogP contribution in [0.5, 0.6) is 0 Å². The molecule has 3 fully saturated rings. The van der Waals surface area contributed by atoms with Gasteiger partial charge in [-0.2, -0.15) is 0 Å². The standard InChI is InChI=1S/C20H37N5O3/c1-22-20(25-12-14-28-18(15-25)17-5-4-13-27-17)23-8-2-3-9-24-10-6-16(7-11-24)19(21)26/h16-18H,2-15H2,1H3,(H2,21,26)(H,22,23). The fourth-order valence-corrected chi connectivity index (χ4v) is 4.42. The highest BCUT2D eigenvalue weighted by Crippen LogP contribution is 2.21. The van der Waals surface area contributed by atoms with Crippen LogP contribution in [-0.2, 0) is 14.3 Å². The van der Waals surface area contributed by atoms with E-state index >= 15 is 0 Å². The van der Waals surface area contributed by atoms with E-state index in [4.69, 9.17) is 15.2 Å². The summed E-state index contributed by atoms with van der Waals surface area (Å²) in [4.78, 5) is 20.5. The number of ether oxygens (including phenoxy) is 2. The highest BCUT2D eigenvalue weighted by Gasteiger charge is 2.32. The number of carbonyl (C=O) groups is 1. The number of likely N-dealkylation sites (tertiary alicyclic amines) is 1. The molecule has 28 heavy (non-hydrogen) atoms. The first-order valence-electron chi connectivity index (χ1n) is 10.9. The second kappa shape index (κ2) is 11.0. The van der Waals surface area contributed by atoms with Crippen LogP contribution in [0.2, 0.25) is 0 Å². The summed E-state index contributed by atoms with van der Waals surface area (Å²) in [5.41, 5.74) is 5.40. The van der Waals surface area contributed by atoms with E-state index in [1.54, 1.807) is 0 Å². The van der Waals surface area contributed by atoms with Crippen LogP contribution in [0.4, 0.5) is 0 Å². The Morgan fingerprint density at radius 2 is 1.89 bits per heavy atom. The zero-order chi connectivity index (χ0) is 19.8. The Morgan fingerprint density at radius 3 is 2.57 bits per heavy atom. The summed E-state index contributed by atoms with van der Waals surface area (Å²) in [5.74, 6) is 0.905. The lowest BCUT2D eigenvalue weighted by Gasteiger charge is -2.37. The Hall–Kier alpha value is -1.38. The van der Waals surface area contributed by atoms with Crippen molar-refractivity contribution in [1.29, 1.82) is 0 Å². The zero-order valence-electron chi connectivity index (χ0n) is 17.3. The van der Waals surface area contributed by atoms with E-state index in [-0.39, 0.29) is 24.0 Å². The van der Waals surface area contributed by atoms with Gasteiger partial charge in [0, 0.05) is 39.2 Å². The minimum Gasteiger partial charge on any atom is -0.375 e. The molecule has 3 aliphatic rings. The largest absolute Gasteiger partial charge is 0.375 e. The number of hydrogen-bond acceptors (Lipinski definition) is 5. The first-order chi connectivity index (χ1) is 13.7. The first-order valence-corrected chi connectivity index (χ1v) is 10.9. The lowest BCUT2D eigenvalue weighted by molar-refractivity contribution is -0.123. The molecule has 0 saturated carbocycles. The van der Waals surface area contributed by atoms with Crippen LogP contribution in [0.25, 0.3) is 0 Å². The van der Waals surface area contributed by atoms with Crippen molar-refractivity contribution in [3.63, 3.8) is 0 Å². The van der Waals surface area contributed by atoms with E-state index in [1.807, 2.05) is 7.05 Å². The van der Waals surface area contributed by atoms with Crippen molar-refractivity contribution in [2.45, 2.75) is 50.7 Å². The molecule has 0 radical (unpaired) electrons. The first kappa shape index (κ1) is 21.3. The van der Waals surface area contributed by atoms with Gasteiger partial charge in [0.1, 0.15) is 6.10 Å². The number of carbonyl (C=O) groups excluding carboxylic acids is 1. The Morgan fingerprint density at radius 1 is 1.11 bits per heavy atom. The lowest BCUT2D eigenvalue weighted by Crippen LogP contribution is -2.53. The van der Waals surface area contributed by atoms with Crippen LogP contribution in [0, 0.1) is 5.92 Å². The molecule has 0 bridgehead atoms. The number of primary amides is 1. The average molecular weight is 396 g/mol. The van der Waals surface area contributed by atoms with Crippen LogP contribution in [-0.4, -0.2) is 93.4 Å². The predicted octanol–water partition coefficient (Wildman–Crippen LogP) is 0.419. The van der Waals surface area contributed by atoms with Gasteiger partial charge in [-0.25, -0.2) is 0 Å². The van der Waals surface area contributed by atoms with Crippen molar-refractivity contribution < 1.29 is 14.3 Å². The number of morpholine rings is 1. The van der Waals surface area contributed by atoms with Crippen molar-refractivity contribution in [3.8, 4) is 0 Å². The molecule has 3 rings (SSSR count). The number of piperidine rings is 1. The molecule has 3 heterocycles. The van der Waals surface area contributed by atoms with Gasteiger partial charge in [-0.05, 0) is 58.2 Å². The number of unbranched alkanes of at least 4 members (excludes halogenated alkanes) is 1. The summed E-state index contributed by atoms with van der Waals surface area (Å²) >= 11 is 0. The fourth-order valence-electron chi connectivity index (χ4n) is 4.42. The second-order valence-electron chi connectivity index (χ2n) is 8.11. The number of nitrogens with zero attached hydrogens (tertiary/aromatic N) is 3. The number of aliphatic imine (C=N–C) groups is 1. The van der Waals surface area contributed by atoms with Gasteiger partial charge in [-0.1, -0.05) is 0 Å². The molecule has 8 heteroatoms. The summed E-state index contributed by atoms with van der Waals surface area (Å²) in [5, 5.41) is 3.51. The minimum atomic E-state index is -0.139. The highest BCUT2D eigenvalue weighted by atomic mass is 16.5. The summed E-state index contributed by atoms with van der Waals surface area (Å²) in [7, 11) is 1.85. The Balaban J connectivity index is 1.30. The van der Waals surface area contributed by atoms with Crippen molar-refractivity contribution >= 4 is 11.9 Å². The summed E-state index contributed by atoms with van der Waals surface area (Å²) < 4.78 is 11.7. The SMILES string of the molecule is CN=C(NCCCCN1CCC(C(N)=O)CC1)N1CCOC(C2CCCO2)C1. The maximum Gasteiger partial charge on any atom is 0.220 e. The van der Waals surface area contributed by atoms with E-state index in [0.717, 1.165) is 97.0 Å². The molecule has 3 aliphatic heterocycles. The zero-order valence-corrected chi connectivity index (χ0v) is 17.3. The number of guanidine groups is 1. The van der Waals surface area contributed by atoms with Crippen LogP contribution >= 0.6 is 0 Å². The molecule has 3 saturated heterocycles.